The van der Waals surface area contributed by atoms with Crippen LogP contribution in [0.5, 0.6) is 5.75 Å². The fourth-order valence-corrected chi connectivity index (χ4v) is 4.01. The van der Waals surface area contributed by atoms with E-state index in [9.17, 15) is 0 Å². The van der Waals surface area contributed by atoms with Crippen molar-refractivity contribution in [3.8, 4) is 5.75 Å². The minimum Gasteiger partial charge on any atom is -0.491 e. The van der Waals surface area contributed by atoms with Gasteiger partial charge in [-0.15, -0.1) is 0 Å². The van der Waals surface area contributed by atoms with E-state index in [0.29, 0.717) is 18.6 Å². The number of fused-ring (bicyclic) bond motifs is 1. The van der Waals surface area contributed by atoms with Crippen LogP contribution < -0.4 is 4.74 Å². The summed E-state index contributed by atoms with van der Waals surface area (Å²) in [6.45, 7) is 5.92. The first kappa shape index (κ1) is 15.7. The van der Waals surface area contributed by atoms with E-state index >= 15 is 0 Å². The number of ether oxygens (including phenoxy) is 2. The van der Waals surface area contributed by atoms with Crippen LogP contribution in [0.1, 0.15) is 25.5 Å². The Morgan fingerprint density at radius 1 is 1.33 bits per heavy atom. The molecule has 4 rings (SSSR count). The van der Waals surface area contributed by atoms with Gasteiger partial charge in [-0.3, -0.25) is 10.00 Å². The molecule has 2 fully saturated rings. The molecule has 2 aliphatic heterocycles. The van der Waals surface area contributed by atoms with E-state index in [-0.39, 0.29) is 5.60 Å². The molecule has 0 unspecified atom stereocenters. The number of rotatable bonds is 5. The van der Waals surface area contributed by atoms with Crippen molar-refractivity contribution in [3.05, 3.63) is 48.3 Å². The number of nitrogens with zero attached hydrogens (tertiary/aromatic N) is 2. The van der Waals surface area contributed by atoms with E-state index < -0.39 is 0 Å². The summed E-state index contributed by atoms with van der Waals surface area (Å²) >= 11 is 0. The molecule has 0 amide bonds. The normalized spacial score (nSPS) is 30.2. The van der Waals surface area contributed by atoms with Crippen LogP contribution in [-0.4, -0.2) is 46.5 Å². The van der Waals surface area contributed by atoms with Crippen molar-refractivity contribution in [2.24, 2.45) is 5.92 Å². The van der Waals surface area contributed by atoms with Gasteiger partial charge >= 0.3 is 0 Å². The van der Waals surface area contributed by atoms with Crippen molar-refractivity contribution < 1.29 is 9.47 Å². The number of likely N-dealkylation sites (tertiary alicyclic amines) is 1. The van der Waals surface area contributed by atoms with E-state index in [2.05, 4.69) is 28.1 Å². The predicted molar refractivity (Wildman–Crippen MR) is 91.8 cm³/mol. The Hall–Kier alpha value is -1.85. The molecule has 2 saturated heterocycles. The summed E-state index contributed by atoms with van der Waals surface area (Å²) in [5.74, 6) is 1.50. The molecule has 5 heteroatoms. The SMILES string of the molecule is C[C@]1(COc2ccccc2)C[C@@H]2CN(Cc3ccn[nH]3)CC[C@@H]2O1. The van der Waals surface area contributed by atoms with Gasteiger partial charge in [-0.05, 0) is 38.0 Å². The summed E-state index contributed by atoms with van der Waals surface area (Å²) in [7, 11) is 0. The second-order valence-corrected chi connectivity index (χ2v) is 7.28. The molecule has 2 aromatic rings. The minimum atomic E-state index is -0.185. The molecule has 5 nitrogen and oxygen atoms in total. The standard InChI is InChI=1S/C19H25N3O2/c1-19(14-23-17-5-3-2-4-6-17)11-15-12-22(10-8-18(15)24-19)13-16-7-9-20-21-16/h2-7,9,15,18H,8,10-14H2,1H3,(H,20,21)/t15-,18+,19-/m1/s1. The third-order valence-corrected chi connectivity index (χ3v) is 5.12. The van der Waals surface area contributed by atoms with Gasteiger partial charge in [0.25, 0.3) is 0 Å². The monoisotopic (exact) mass is 327 g/mol. The number of benzene rings is 1. The number of nitrogens with one attached hydrogen (secondary N) is 1. The van der Waals surface area contributed by atoms with E-state index in [1.807, 2.05) is 36.5 Å². The van der Waals surface area contributed by atoms with Crippen molar-refractivity contribution in [1.82, 2.24) is 15.1 Å². The number of aromatic amines is 1. The molecule has 24 heavy (non-hydrogen) atoms. The van der Waals surface area contributed by atoms with Gasteiger partial charge in [0.15, 0.2) is 0 Å². The Bertz CT molecular complexity index is 646. The predicted octanol–water partition coefficient (Wildman–Crippen LogP) is 2.86. The minimum absolute atomic E-state index is 0.185. The second-order valence-electron chi connectivity index (χ2n) is 7.28. The van der Waals surface area contributed by atoms with Crippen LogP contribution in [-0.2, 0) is 11.3 Å². The molecule has 0 aliphatic carbocycles. The van der Waals surface area contributed by atoms with Gasteiger partial charge in [0.2, 0.25) is 0 Å². The smallest absolute Gasteiger partial charge is 0.119 e. The molecule has 0 bridgehead atoms. The Labute approximate surface area is 143 Å². The molecule has 2 aliphatic rings. The summed E-state index contributed by atoms with van der Waals surface area (Å²) in [4.78, 5) is 2.50. The van der Waals surface area contributed by atoms with Crippen LogP contribution in [0, 0.1) is 5.92 Å². The highest BCUT2D eigenvalue weighted by molar-refractivity contribution is 5.21. The molecule has 0 spiro atoms. The van der Waals surface area contributed by atoms with Gasteiger partial charge in [-0.1, -0.05) is 18.2 Å². The van der Waals surface area contributed by atoms with Gasteiger partial charge in [0.05, 0.1) is 6.10 Å². The van der Waals surface area contributed by atoms with Crippen LogP contribution in [0.15, 0.2) is 42.6 Å². The summed E-state index contributed by atoms with van der Waals surface area (Å²) < 4.78 is 12.3. The van der Waals surface area contributed by atoms with Crippen molar-refractivity contribution in [3.63, 3.8) is 0 Å². The summed E-state index contributed by atoms with van der Waals surface area (Å²) in [5, 5.41) is 7.09. The third-order valence-electron chi connectivity index (χ3n) is 5.12. The van der Waals surface area contributed by atoms with Crippen LogP contribution >= 0.6 is 0 Å². The molecular weight excluding hydrogens is 302 g/mol. The quantitative estimate of drug-likeness (QED) is 0.917. The molecule has 3 heterocycles. The van der Waals surface area contributed by atoms with Crippen LogP contribution in [0.4, 0.5) is 0 Å². The number of H-pyrrole nitrogens is 1. The van der Waals surface area contributed by atoms with Gasteiger partial charge in [-0.2, -0.15) is 5.10 Å². The summed E-state index contributed by atoms with van der Waals surface area (Å²) in [6.07, 6.45) is 4.34. The van der Waals surface area contributed by atoms with Crippen LogP contribution in [0.2, 0.25) is 0 Å². The maximum absolute atomic E-state index is 6.39. The zero-order valence-electron chi connectivity index (χ0n) is 14.1. The molecule has 0 radical (unpaired) electrons. The third kappa shape index (κ3) is 3.47. The van der Waals surface area contributed by atoms with Gasteiger partial charge in [-0.25, -0.2) is 0 Å². The van der Waals surface area contributed by atoms with Crippen LogP contribution in [0.25, 0.3) is 0 Å². The second kappa shape index (κ2) is 6.57. The Balaban J connectivity index is 1.33. The van der Waals surface area contributed by atoms with Crippen molar-refractivity contribution in [1.29, 1.82) is 0 Å². The molecule has 1 N–H and O–H groups in total. The lowest BCUT2D eigenvalue weighted by Gasteiger charge is -2.33. The Kier molecular flexibility index (Phi) is 4.29. The van der Waals surface area contributed by atoms with Gasteiger partial charge < -0.3 is 9.47 Å². The number of piperidine rings is 1. The highest BCUT2D eigenvalue weighted by Crippen LogP contribution is 2.39. The van der Waals surface area contributed by atoms with E-state index in [0.717, 1.165) is 38.2 Å². The number of hydrogen-bond acceptors (Lipinski definition) is 4. The molecule has 1 aromatic heterocycles. The Morgan fingerprint density at radius 3 is 3.00 bits per heavy atom. The topological polar surface area (TPSA) is 50.4 Å². The molecule has 128 valence electrons. The number of hydrogen-bond donors (Lipinski definition) is 1. The van der Waals surface area contributed by atoms with E-state index in [1.165, 1.54) is 5.69 Å². The maximum atomic E-state index is 6.39. The van der Waals surface area contributed by atoms with Gasteiger partial charge in [0, 0.05) is 37.4 Å². The fraction of sp³-hybridized carbons (Fsp3) is 0.526. The highest BCUT2D eigenvalue weighted by Gasteiger charge is 2.46. The fourth-order valence-electron chi connectivity index (χ4n) is 4.01. The van der Waals surface area contributed by atoms with Crippen LogP contribution in [0.3, 0.4) is 0 Å². The first-order valence-corrected chi connectivity index (χ1v) is 8.76. The van der Waals surface area contributed by atoms with Crippen molar-refractivity contribution in [2.75, 3.05) is 19.7 Å². The zero-order valence-corrected chi connectivity index (χ0v) is 14.1. The number of aromatic nitrogens is 2. The molecular formula is C19H25N3O2. The van der Waals surface area contributed by atoms with Crippen molar-refractivity contribution in [2.45, 2.75) is 38.0 Å². The first-order chi connectivity index (χ1) is 11.7. The average Bonchev–Trinajstić information content (AvgIpc) is 3.21. The summed E-state index contributed by atoms with van der Waals surface area (Å²) in [5.41, 5.74) is 0.998. The molecule has 0 saturated carbocycles. The molecule has 3 atom stereocenters. The van der Waals surface area contributed by atoms with Crippen molar-refractivity contribution >= 4 is 0 Å². The largest absolute Gasteiger partial charge is 0.491 e. The Morgan fingerprint density at radius 2 is 2.21 bits per heavy atom. The molecule has 1 aromatic carbocycles. The maximum Gasteiger partial charge on any atom is 0.119 e. The zero-order chi connectivity index (χ0) is 16.4. The average molecular weight is 327 g/mol. The van der Waals surface area contributed by atoms with E-state index in [1.54, 1.807) is 0 Å². The number of para-hydroxylation sites is 1. The lowest BCUT2D eigenvalue weighted by atomic mass is 9.89. The lowest BCUT2D eigenvalue weighted by molar-refractivity contribution is -0.0698. The summed E-state index contributed by atoms with van der Waals surface area (Å²) in [6, 6.07) is 12.0. The highest BCUT2D eigenvalue weighted by atomic mass is 16.6. The van der Waals surface area contributed by atoms with E-state index in [4.69, 9.17) is 9.47 Å². The lowest BCUT2D eigenvalue weighted by Crippen LogP contribution is -2.40. The first-order valence-electron chi connectivity index (χ1n) is 8.76. The van der Waals surface area contributed by atoms with Gasteiger partial charge in [0.1, 0.15) is 18.0 Å².